The molecule has 1 amide bonds. The van der Waals surface area contributed by atoms with Crippen LogP contribution >= 0.6 is 0 Å². The molecule has 0 atom stereocenters. The van der Waals surface area contributed by atoms with Crippen molar-refractivity contribution in [1.82, 2.24) is 4.98 Å². The number of para-hydroxylation sites is 1. The van der Waals surface area contributed by atoms with Gasteiger partial charge in [-0.15, -0.1) is 0 Å². The molecule has 0 aliphatic carbocycles. The maximum absolute atomic E-state index is 13.5. The van der Waals surface area contributed by atoms with E-state index in [1.807, 2.05) is 0 Å². The van der Waals surface area contributed by atoms with E-state index in [4.69, 9.17) is 0 Å². The van der Waals surface area contributed by atoms with Gasteiger partial charge in [-0.3, -0.25) is 14.5 Å². The molecule has 4 N–H and O–H groups in total. The normalized spacial score (nSPS) is 10.7. The molecule has 4 aromatic rings. The number of carboxylic acid groups (broad SMARTS) is 1. The summed E-state index contributed by atoms with van der Waals surface area (Å²) >= 11 is 0. The number of aromatic nitrogens is 1. The number of carbonyl (C=O) groups is 2. The Morgan fingerprint density at radius 3 is 2.13 bits per heavy atom. The molecule has 0 saturated heterocycles. The minimum atomic E-state index is -1.21. The molecule has 0 bridgehead atoms. The Morgan fingerprint density at radius 1 is 0.839 bits per heavy atom. The third kappa shape index (κ3) is 3.58. The highest BCUT2D eigenvalue weighted by atomic mass is 16.4. The predicted molar refractivity (Wildman–Crippen MR) is 114 cm³/mol. The van der Waals surface area contributed by atoms with Crippen molar-refractivity contribution in [2.45, 2.75) is 0 Å². The first kappa shape index (κ1) is 19.7. The van der Waals surface area contributed by atoms with Gasteiger partial charge >= 0.3 is 5.97 Å². The van der Waals surface area contributed by atoms with Crippen molar-refractivity contribution in [2.75, 3.05) is 4.90 Å². The molecule has 1 aromatic heterocycles. The Hall–Kier alpha value is -4.59. The van der Waals surface area contributed by atoms with Crippen molar-refractivity contribution in [1.29, 1.82) is 0 Å². The van der Waals surface area contributed by atoms with Gasteiger partial charge in [0.25, 0.3) is 11.5 Å². The summed E-state index contributed by atoms with van der Waals surface area (Å²) in [5, 5.41) is 29.6. The van der Waals surface area contributed by atoms with E-state index in [1.54, 1.807) is 30.3 Å². The third-order valence-corrected chi connectivity index (χ3v) is 4.77. The summed E-state index contributed by atoms with van der Waals surface area (Å²) in [6.45, 7) is 0. The van der Waals surface area contributed by atoms with Crippen LogP contribution in [0.2, 0.25) is 0 Å². The first-order chi connectivity index (χ1) is 14.9. The molecular weight excluding hydrogens is 400 g/mol. The summed E-state index contributed by atoms with van der Waals surface area (Å²) in [6, 6.07) is 18.1. The lowest BCUT2D eigenvalue weighted by atomic mass is 10.1. The van der Waals surface area contributed by atoms with Crippen LogP contribution in [0.1, 0.15) is 20.7 Å². The van der Waals surface area contributed by atoms with E-state index in [0.717, 1.165) is 0 Å². The molecule has 8 heteroatoms. The monoisotopic (exact) mass is 416 g/mol. The van der Waals surface area contributed by atoms with Crippen molar-refractivity contribution < 1.29 is 24.9 Å². The molecule has 0 fully saturated rings. The van der Waals surface area contributed by atoms with E-state index in [0.29, 0.717) is 11.4 Å². The van der Waals surface area contributed by atoms with Gasteiger partial charge in [0.05, 0.1) is 11.1 Å². The second-order valence-electron chi connectivity index (χ2n) is 6.74. The van der Waals surface area contributed by atoms with Crippen molar-refractivity contribution in [3.63, 3.8) is 0 Å². The molecule has 0 spiro atoms. The zero-order valence-electron chi connectivity index (χ0n) is 15.9. The fraction of sp³-hybridized carbons (Fsp3) is 0. The summed E-state index contributed by atoms with van der Waals surface area (Å²) in [4.78, 5) is 41.3. The number of nitrogens with one attached hydrogen (secondary N) is 1. The van der Waals surface area contributed by atoms with Crippen LogP contribution in [0.15, 0.2) is 77.6 Å². The topological polar surface area (TPSA) is 131 Å². The van der Waals surface area contributed by atoms with Crippen LogP contribution in [-0.4, -0.2) is 32.2 Å². The van der Waals surface area contributed by atoms with Crippen LogP contribution in [0.5, 0.6) is 11.5 Å². The van der Waals surface area contributed by atoms with E-state index in [-0.39, 0.29) is 22.2 Å². The number of phenolic OH excluding ortho intramolecular Hbond substituents is 1. The summed E-state index contributed by atoms with van der Waals surface area (Å²) < 4.78 is 0. The second kappa shape index (κ2) is 7.68. The molecule has 154 valence electrons. The smallest absolute Gasteiger partial charge is 0.335 e. The zero-order chi connectivity index (χ0) is 22.1. The average Bonchev–Trinajstić information content (AvgIpc) is 2.76. The number of carboxylic acids is 1. The van der Waals surface area contributed by atoms with Gasteiger partial charge in [-0.2, -0.15) is 0 Å². The number of fused-ring (bicyclic) bond motifs is 1. The van der Waals surface area contributed by atoms with Gasteiger partial charge in [-0.25, -0.2) is 4.79 Å². The van der Waals surface area contributed by atoms with Gasteiger partial charge < -0.3 is 20.3 Å². The third-order valence-electron chi connectivity index (χ3n) is 4.77. The van der Waals surface area contributed by atoms with Crippen LogP contribution in [-0.2, 0) is 0 Å². The van der Waals surface area contributed by atoms with E-state index in [1.165, 1.54) is 47.4 Å². The summed E-state index contributed by atoms with van der Waals surface area (Å²) in [5.41, 5.74) is -0.486. The highest BCUT2D eigenvalue weighted by Crippen LogP contribution is 2.32. The minimum absolute atomic E-state index is 0.00295. The average molecular weight is 416 g/mol. The summed E-state index contributed by atoms with van der Waals surface area (Å²) in [5.74, 6) is -2.66. The van der Waals surface area contributed by atoms with Gasteiger partial charge in [-0.05, 0) is 54.6 Å². The van der Waals surface area contributed by atoms with Gasteiger partial charge in [0, 0.05) is 16.8 Å². The molecule has 0 saturated carbocycles. The summed E-state index contributed by atoms with van der Waals surface area (Å²) in [7, 11) is 0. The van der Waals surface area contributed by atoms with Gasteiger partial charge in [-0.1, -0.05) is 18.2 Å². The number of phenols is 1. The Kier molecular flexibility index (Phi) is 4.88. The minimum Gasteiger partial charge on any atom is -0.508 e. The fourth-order valence-corrected chi connectivity index (χ4v) is 3.28. The molecule has 8 nitrogen and oxygen atoms in total. The lowest BCUT2D eigenvalue weighted by Gasteiger charge is -2.23. The molecular formula is C23H16N2O6. The number of aromatic carboxylic acids is 1. The SMILES string of the molecule is O=C(O)c1ccc2[nH]c(=O)c(C(=O)N(c3ccccc3)c3ccc(O)cc3)c(O)c2c1. The summed E-state index contributed by atoms with van der Waals surface area (Å²) in [6.07, 6.45) is 0. The largest absolute Gasteiger partial charge is 0.508 e. The first-order valence-corrected chi connectivity index (χ1v) is 9.17. The van der Waals surface area contributed by atoms with Crippen LogP contribution in [0, 0.1) is 0 Å². The fourth-order valence-electron chi connectivity index (χ4n) is 3.28. The van der Waals surface area contributed by atoms with E-state index < -0.39 is 28.7 Å². The number of aromatic hydroxyl groups is 2. The van der Waals surface area contributed by atoms with Crippen LogP contribution in [0.3, 0.4) is 0 Å². The van der Waals surface area contributed by atoms with Crippen LogP contribution in [0.25, 0.3) is 10.9 Å². The lowest BCUT2D eigenvalue weighted by Crippen LogP contribution is -2.31. The number of rotatable bonds is 4. The number of pyridine rings is 1. The Bertz CT molecular complexity index is 1360. The number of benzene rings is 3. The molecule has 31 heavy (non-hydrogen) atoms. The van der Waals surface area contributed by atoms with Crippen molar-refractivity contribution in [3.8, 4) is 11.5 Å². The van der Waals surface area contributed by atoms with Gasteiger partial charge in [0.2, 0.25) is 0 Å². The number of H-pyrrole nitrogens is 1. The number of hydrogen-bond donors (Lipinski definition) is 4. The number of carbonyl (C=O) groups excluding carboxylic acids is 1. The maximum Gasteiger partial charge on any atom is 0.335 e. The second-order valence-corrected chi connectivity index (χ2v) is 6.74. The van der Waals surface area contributed by atoms with Gasteiger partial charge in [0.1, 0.15) is 17.1 Å². The number of hydrogen-bond acceptors (Lipinski definition) is 5. The lowest BCUT2D eigenvalue weighted by molar-refractivity contribution is 0.0697. The zero-order valence-corrected chi connectivity index (χ0v) is 15.9. The quantitative estimate of drug-likeness (QED) is 0.402. The Morgan fingerprint density at radius 2 is 1.48 bits per heavy atom. The van der Waals surface area contributed by atoms with E-state index >= 15 is 0 Å². The molecule has 0 aliphatic rings. The number of nitrogens with zero attached hydrogens (tertiary/aromatic N) is 1. The number of anilines is 2. The van der Waals surface area contributed by atoms with Crippen molar-refractivity contribution >= 4 is 34.2 Å². The first-order valence-electron chi connectivity index (χ1n) is 9.17. The van der Waals surface area contributed by atoms with Crippen LogP contribution in [0.4, 0.5) is 11.4 Å². The predicted octanol–water partition coefficient (Wildman–Crippen LogP) is 3.62. The Balaban J connectivity index is 1.93. The maximum atomic E-state index is 13.5. The number of amides is 1. The van der Waals surface area contributed by atoms with Gasteiger partial charge in [0.15, 0.2) is 0 Å². The van der Waals surface area contributed by atoms with Crippen molar-refractivity contribution in [2.24, 2.45) is 0 Å². The van der Waals surface area contributed by atoms with Crippen LogP contribution < -0.4 is 10.5 Å². The molecule has 0 aliphatic heterocycles. The Labute approximate surface area is 175 Å². The van der Waals surface area contributed by atoms with Crippen molar-refractivity contribution in [3.05, 3.63) is 94.3 Å². The molecule has 1 heterocycles. The highest BCUT2D eigenvalue weighted by molar-refractivity contribution is 6.14. The molecule has 0 unspecified atom stereocenters. The standard InChI is InChI=1S/C23H16N2O6/c26-16-9-7-15(8-10-16)25(14-4-2-1-3-5-14)22(29)19-20(27)17-12-13(23(30)31)6-11-18(17)24-21(19)28/h1-12,26H,(H,30,31)(H2,24,27,28). The van der Waals surface area contributed by atoms with E-state index in [9.17, 15) is 29.7 Å². The molecule has 0 radical (unpaired) electrons. The molecule has 3 aromatic carbocycles. The molecule has 4 rings (SSSR count). The highest BCUT2D eigenvalue weighted by Gasteiger charge is 2.27. The number of aromatic amines is 1. The van der Waals surface area contributed by atoms with E-state index in [2.05, 4.69) is 4.98 Å².